The van der Waals surface area contributed by atoms with Gasteiger partial charge in [-0.15, -0.1) is 0 Å². The lowest BCUT2D eigenvalue weighted by Crippen LogP contribution is -2.06. The predicted octanol–water partition coefficient (Wildman–Crippen LogP) is 0.693. The van der Waals surface area contributed by atoms with Crippen LogP contribution in [-0.4, -0.2) is 20.1 Å². The molecule has 0 fully saturated rings. The smallest absolute Gasteiger partial charge is 0.293 e. The molecule has 0 aromatic carbocycles. The maximum absolute atomic E-state index is 11.1. The van der Waals surface area contributed by atoms with Crippen LogP contribution in [0.2, 0.25) is 0 Å². The van der Waals surface area contributed by atoms with Gasteiger partial charge in [0.05, 0.1) is 12.5 Å². The van der Waals surface area contributed by atoms with Crippen LogP contribution in [0, 0.1) is 0 Å². The van der Waals surface area contributed by atoms with Gasteiger partial charge in [-0.05, 0) is 0 Å². The molecule has 2 N–H and O–H groups in total. The number of aromatic hydroxyl groups is 1. The normalized spacial score (nSPS) is 10.5. The molecule has 0 saturated carbocycles. The van der Waals surface area contributed by atoms with E-state index in [9.17, 15) is 9.90 Å². The second-order valence-electron chi connectivity index (χ2n) is 2.91. The van der Waals surface area contributed by atoms with Gasteiger partial charge in [0, 0.05) is 6.42 Å². The van der Waals surface area contributed by atoms with E-state index >= 15 is 0 Å². The number of aromatic amines is 1. The first kappa shape index (κ1) is 9.45. The lowest BCUT2D eigenvalue weighted by Gasteiger charge is -1.96. The summed E-state index contributed by atoms with van der Waals surface area (Å²) in [5.41, 5.74) is -0.560. The van der Waals surface area contributed by atoms with Crippen molar-refractivity contribution < 1.29 is 9.52 Å². The van der Waals surface area contributed by atoms with Crippen molar-refractivity contribution in [3.05, 3.63) is 28.6 Å². The molecule has 0 unspecified atom stereocenters. The number of hydrogen-bond acceptors (Lipinski definition) is 5. The third kappa shape index (κ3) is 1.61. The number of H-pyrrole nitrogens is 1. The highest BCUT2D eigenvalue weighted by Crippen LogP contribution is 2.22. The average molecular weight is 207 g/mol. The second kappa shape index (κ2) is 3.56. The fourth-order valence-corrected chi connectivity index (χ4v) is 1.13. The Morgan fingerprint density at radius 2 is 2.33 bits per heavy atom. The van der Waals surface area contributed by atoms with Crippen LogP contribution in [-0.2, 0) is 6.42 Å². The van der Waals surface area contributed by atoms with Gasteiger partial charge in [0.2, 0.25) is 11.6 Å². The Morgan fingerprint density at radius 3 is 3.00 bits per heavy atom. The minimum atomic E-state index is -0.615. The van der Waals surface area contributed by atoms with E-state index in [2.05, 4.69) is 15.0 Å². The molecule has 2 aromatic rings. The first-order valence-electron chi connectivity index (χ1n) is 4.44. The van der Waals surface area contributed by atoms with Crippen LogP contribution in [0.1, 0.15) is 12.7 Å². The molecule has 0 saturated heterocycles. The summed E-state index contributed by atoms with van der Waals surface area (Å²) in [6.07, 6.45) is 3.42. The zero-order chi connectivity index (χ0) is 10.8. The van der Waals surface area contributed by atoms with Crippen molar-refractivity contribution in [3.63, 3.8) is 0 Å². The first-order chi connectivity index (χ1) is 7.22. The van der Waals surface area contributed by atoms with Crippen LogP contribution in [0.25, 0.3) is 11.6 Å². The molecular weight excluding hydrogens is 198 g/mol. The number of nitrogens with one attached hydrogen (secondary N) is 1. The molecular formula is C9H9N3O3. The maximum Gasteiger partial charge on any atom is 0.293 e. The van der Waals surface area contributed by atoms with Crippen LogP contribution < -0.4 is 5.56 Å². The summed E-state index contributed by atoms with van der Waals surface area (Å²) in [7, 11) is 0. The van der Waals surface area contributed by atoms with Gasteiger partial charge < -0.3 is 14.5 Å². The third-order valence-electron chi connectivity index (χ3n) is 1.93. The Bertz CT molecular complexity index is 529. The van der Waals surface area contributed by atoms with Gasteiger partial charge in [-0.25, -0.2) is 9.97 Å². The number of rotatable bonds is 2. The summed E-state index contributed by atoms with van der Waals surface area (Å²) < 4.78 is 5.27. The highest BCUT2D eigenvalue weighted by Gasteiger charge is 2.14. The summed E-state index contributed by atoms with van der Waals surface area (Å²) in [4.78, 5) is 21.0. The molecule has 0 aliphatic heterocycles. The van der Waals surface area contributed by atoms with Gasteiger partial charge in [-0.3, -0.25) is 4.79 Å². The van der Waals surface area contributed by atoms with Crippen LogP contribution in [0.3, 0.4) is 0 Å². The van der Waals surface area contributed by atoms with E-state index < -0.39 is 11.3 Å². The van der Waals surface area contributed by atoms with E-state index in [4.69, 9.17) is 4.42 Å². The Labute approximate surface area is 84.6 Å². The van der Waals surface area contributed by atoms with Gasteiger partial charge >= 0.3 is 0 Å². The van der Waals surface area contributed by atoms with E-state index in [0.717, 1.165) is 0 Å². The molecule has 0 spiro atoms. The number of hydrogen-bond donors (Lipinski definition) is 2. The van der Waals surface area contributed by atoms with Crippen molar-refractivity contribution in [3.8, 4) is 17.3 Å². The van der Waals surface area contributed by atoms with Crippen LogP contribution in [0.5, 0.6) is 5.75 Å². The van der Waals surface area contributed by atoms with E-state index in [-0.39, 0.29) is 11.6 Å². The van der Waals surface area contributed by atoms with Crippen molar-refractivity contribution in [1.29, 1.82) is 0 Å². The molecule has 0 aliphatic rings. The van der Waals surface area contributed by atoms with Crippen molar-refractivity contribution >= 4 is 0 Å². The second-order valence-corrected chi connectivity index (χ2v) is 2.91. The lowest BCUT2D eigenvalue weighted by molar-refractivity contribution is 0.458. The topological polar surface area (TPSA) is 92.0 Å². The van der Waals surface area contributed by atoms with E-state index in [1.807, 2.05) is 6.92 Å². The Hall–Kier alpha value is -2.11. The van der Waals surface area contributed by atoms with Gasteiger partial charge in [-0.2, -0.15) is 0 Å². The number of aryl methyl sites for hydroxylation is 1. The minimum absolute atomic E-state index is 0.0541. The molecule has 15 heavy (non-hydrogen) atoms. The number of aromatic nitrogens is 3. The molecule has 2 aromatic heterocycles. The van der Waals surface area contributed by atoms with Gasteiger partial charge in [0.15, 0.2) is 5.69 Å². The molecule has 6 heteroatoms. The molecule has 0 radical (unpaired) electrons. The quantitative estimate of drug-likeness (QED) is 0.755. The zero-order valence-electron chi connectivity index (χ0n) is 8.02. The first-order valence-corrected chi connectivity index (χ1v) is 4.44. The van der Waals surface area contributed by atoms with Crippen LogP contribution >= 0.6 is 0 Å². The van der Waals surface area contributed by atoms with Crippen LogP contribution in [0.4, 0.5) is 0 Å². The zero-order valence-corrected chi connectivity index (χ0v) is 8.02. The number of oxazole rings is 1. The monoisotopic (exact) mass is 207 g/mol. The van der Waals surface area contributed by atoms with Crippen molar-refractivity contribution in [2.24, 2.45) is 0 Å². The fraction of sp³-hybridized carbons (Fsp3) is 0.222. The Morgan fingerprint density at radius 1 is 1.53 bits per heavy atom. The van der Waals surface area contributed by atoms with Gasteiger partial charge in [0.25, 0.3) is 5.56 Å². The molecule has 6 nitrogen and oxygen atoms in total. The third-order valence-corrected chi connectivity index (χ3v) is 1.93. The summed E-state index contributed by atoms with van der Waals surface area (Å²) in [5, 5.41) is 9.43. The van der Waals surface area contributed by atoms with Crippen molar-refractivity contribution in [2.45, 2.75) is 13.3 Å². The molecule has 78 valence electrons. The summed E-state index contributed by atoms with van der Waals surface area (Å²) >= 11 is 0. The van der Waals surface area contributed by atoms with Gasteiger partial charge in [0.1, 0.15) is 5.76 Å². The molecule has 0 amide bonds. The minimum Gasteiger partial charge on any atom is -0.501 e. The Kier molecular flexibility index (Phi) is 2.24. The standard InChI is InChI=1S/C9H9N3O3/c1-2-5-3-10-9(15-5)6-7(13)8(14)12-4-11-6/h3-4,13H,2H2,1H3,(H,11,12,14). The van der Waals surface area contributed by atoms with Crippen molar-refractivity contribution in [2.75, 3.05) is 0 Å². The summed E-state index contributed by atoms with van der Waals surface area (Å²) in [6, 6.07) is 0. The molecule has 2 rings (SSSR count). The Balaban J connectivity index is 2.54. The molecule has 0 bridgehead atoms. The van der Waals surface area contributed by atoms with Crippen molar-refractivity contribution in [1.82, 2.24) is 15.0 Å². The van der Waals surface area contributed by atoms with E-state index in [0.29, 0.717) is 12.2 Å². The SMILES string of the molecule is CCc1cnc(-c2nc[nH]c(=O)c2O)o1. The number of nitrogens with zero attached hydrogens (tertiary/aromatic N) is 2. The molecule has 2 heterocycles. The molecule has 0 atom stereocenters. The summed E-state index contributed by atoms with van der Waals surface area (Å²) in [5.74, 6) is 0.337. The van der Waals surface area contributed by atoms with Gasteiger partial charge in [-0.1, -0.05) is 6.92 Å². The lowest BCUT2D eigenvalue weighted by atomic mass is 10.4. The highest BCUT2D eigenvalue weighted by atomic mass is 16.4. The van der Waals surface area contributed by atoms with Crippen LogP contribution in [0.15, 0.2) is 21.7 Å². The van der Waals surface area contributed by atoms with E-state index in [1.165, 1.54) is 12.5 Å². The fourth-order valence-electron chi connectivity index (χ4n) is 1.13. The summed E-state index contributed by atoms with van der Waals surface area (Å²) in [6.45, 7) is 1.91. The predicted molar refractivity (Wildman–Crippen MR) is 51.4 cm³/mol. The molecule has 0 aliphatic carbocycles. The highest BCUT2D eigenvalue weighted by molar-refractivity contribution is 5.55. The maximum atomic E-state index is 11.1. The largest absolute Gasteiger partial charge is 0.501 e. The average Bonchev–Trinajstić information content (AvgIpc) is 2.70. The van der Waals surface area contributed by atoms with E-state index in [1.54, 1.807) is 0 Å².